The summed E-state index contributed by atoms with van der Waals surface area (Å²) in [5.74, 6) is 1.01. The van der Waals surface area contributed by atoms with Gasteiger partial charge in [0.1, 0.15) is 11.6 Å². The first-order chi connectivity index (χ1) is 9.06. The molecule has 0 atom stereocenters. The first-order valence-electron chi connectivity index (χ1n) is 6.04. The maximum atomic E-state index is 12.1. The second-order valence-electron chi connectivity index (χ2n) is 4.55. The molecule has 0 spiro atoms. The number of benzene rings is 1. The average molecular weight is 259 g/mol. The molecule has 0 saturated heterocycles. The second kappa shape index (κ2) is 5.56. The Balaban J connectivity index is 1.98. The van der Waals surface area contributed by atoms with Crippen LogP contribution >= 0.6 is 0 Å². The summed E-state index contributed by atoms with van der Waals surface area (Å²) in [4.78, 5) is 17.9. The van der Waals surface area contributed by atoms with Gasteiger partial charge < -0.3 is 14.6 Å². The highest BCUT2D eigenvalue weighted by molar-refractivity contribution is 5.78. The van der Waals surface area contributed by atoms with Crippen LogP contribution in [0.15, 0.2) is 36.7 Å². The van der Waals surface area contributed by atoms with Crippen LogP contribution in [0.25, 0.3) is 0 Å². The van der Waals surface area contributed by atoms with Gasteiger partial charge in [0.05, 0.1) is 13.0 Å². The monoisotopic (exact) mass is 259 g/mol. The number of amides is 1. The van der Waals surface area contributed by atoms with Crippen LogP contribution in [0.1, 0.15) is 11.4 Å². The van der Waals surface area contributed by atoms with Crippen molar-refractivity contribution in [2.45, 2.75) is 13.0 Å². The van der Waals surface area contributed by atoms with Gasteiger partial charge in [-0.1, -0.05) is 12.1 Å². The fourth-order valence-corrected chi connectivity index (χ4v) is 1.83. The summed E-state index contributed by atoms with van der Waals surface area (Å²) in [5, 5.41) is 9.37. The lowest BCUT2D eigenvalue weighted by molar-refractivity contribution is -0.129. The number of nitrogens with zero attached hydrogens (tertiary/aromatic N) is 3. The molecule has 1 aromatic carbocycles. The van der Waals surface area contributed by atoms with Crippen molar-refractivity contribution in [2.75, 3.05) is 7.05 Å². The number of likely N-dealkylation sites (N-methyl/N-ethyl adjacent to an activating group) is 1. The maximum absolute atomic E-state index is 12.1. The number of carbonyl (C=O) groups is 1. The minimum atomic E-state index is -0.00593. The van der Waals surface area contributed by atoms with E-state index < -0.39 is 0 Å². The largest absolute Gasteiger partial charge is 0.508 e. The molecule has 0 aliphatic rings. The molecule has 2 aromatic rings. The van der Waals surface area contributed by atoms with Gasteiger partial charge in [-0.05, 0) is 17.7 Å². The third kappa shape index (κ3) is 3.34. The Kier molecular flexibility index (Phi) is 3.85. The van der Waals surface area contributed by atoms with Crippen molar-refractivity contribution in [2.24, 2.45) is 7.05 Å². The SMILES string of the molecule is CN(Cc1nccn1C)C(=O)Cc1cccc(O)c1. The van der Waals surface area contributed by atoms with E-state index in [4.69, 9.17) is 0 Å². The Bertz CT molecular complexity index is 578. The van der Waals surface area contributed by atoms with Crippen LogP contribution < -0.4 is 0 Å². The number of hydrogen-bond donors (Lipinski definition) is 1. The topological polar surface area (TPSA) is 58.4 Å². The number of phenols is 1. The van der Waals surface area contributed by atoms with Crippen LogP contribution in [0.2, 0.25) is 0 Å². The van der Waals surface area contributed by atoms with Gasteiger partial charge in [0.2, 0.25) is 5.91 Å². The number of phenolic OH excluding ortho intramolecular Hbond substituents is 1. The van der Waals surface area contributed by atoms with Crippen LogP contribution in [-0.2, 0) is 24.8 Å². The van der Waals surface area contributed by atoms with E-state index in [9.17, 15) is 9.90 Å². The lowest BCUT2D eigenvalue weighted by Crippen LogP contribution is -2.28. The van der Waals surface area contributed by atoms with Crippen molar-refractivity contribution < 1.29 is 9.90 Å². The lowest BCUT2D eigenvalue weighted by Gasteiger charge is -2.17. The van der Waals surface area contributed by atoms with Crippen LogP contribution in [0.3, 0.4) is 0 Å². The number of imidazole rings is 1. The van der Waals surface area contributed by atoms with Gasteiger partial charge in [-0.2, -0.15) is 0 Å². The number of aromatic hydroxyl groups is 1. The first kappa shape index (κ1) is 13.1. The Labute approximate surface area is 112 Å². The molecule has 2 rings (SSSR count). The summed E-state index contributed by atoms with van der Waals surface area (Å²) in [6, 6.07) is 6.75. The highest BCUT2D eigenvalue weighted by Gasteiger charge is 2.12. The first-order valence-corrected chi connectivity index (χ1v) is 6.04. The number of aromatic nitrogens is 2. The van der Waals surface area contributed by atoms with Crippen molar-refractivity contribution in [3.8, 4) is 5.75 Å². The number of rotatable bonds is 4. The molecule has 1 amide bonds. The molecule has 1 N–H and O–H groups in total. The Morgan fingerprint density at radius 3 is 2.89 bits per heavy atom. The number of carbonyl (C=O) groups excluding carboxylic acids is 1. The van der Waals surface area contributed by atoms with Crippen LogP contribution in [0.5, 0.6) is 5.75 Å². The second-order valence-corrected chi connectivity index (χ2v) is 4.55. The summed E-state index contributed by atoms with van der Waals surface area (Å²) < 4.78 is 1.89. The molecule has 0 fully saturated rings. The molecule has 0 bridgehead atoms. The Morgan fingerprint density at radius 2 is 2.26 bits per heavy atom. The van der Waals surface area contributed by atoms with E-state index in [1.54, 1.807) is 36.3 Å². The molecule has 1 heterocycles. The van der Waals surface area contributed by atoms with E-state index in [0.717, 1.165) is 11.4 Å². The average Bonchev–Trinajstić information content (AvgIpc) is 2.75. The smallest absolute Gasteiger partial charge is 0.227 e. The van der Waals surface area contributed by atoms with E-state index >= 15 is 0 Å². The minimum Gasteiger partial charge on any atom is -0.508 e. The van der Waals surface area contributed by atoms with E-state index in [2.05, 4.69) is 4.98 Å². The molecule has 5 nitrogen and oxygen atoms in total. The van der Waals surface area contributed by atoms with E-state index in [0.29, 0.717) is 6.54 Å². The highest BCUT2D eigenvalue weighted by Crippen LogP contribution is 2.12. The molecular formula is C14H17N3O2. The summed E-state index contributed by atoms with van der Waals surface area (Å²) in [7, 11) is 3.65. The van der Waals surface area contributed by atoms with Gasteiger partial charge in [-0.3, -0.25) is 4.79 Å². The zero-order valence-electron chi connectivity index (χ0n) is 11.1. The van der Waals surface area contributed by atoms with Gasteiger partial charge in [-0.15, -0.1) is 0 Å². The van der Waals surface area contributed by atoms with Crippen molar-refractivity contribution in [3.63, 3.8) is 0 Å². The van der Waals surface area contributed by atoms with Crippen molar-refractivity contribution in [3.05, 3.63) is 48.0 Å². The zero-order valence-corrected chi connectivity index (χ0v) is 11.1. The third-order valence-electron chi connectivity index (χ3n) is 2.99. The fraction of sp³-hybridized carbons (Fsp3) is 0.286. The normalized spacial score (nSPS) is 10.4. The lowest BCUT2D eigenvalue weighted by atomic mass is 10.1. The van der Waals surface area contributed by atoms with Crippen molar-refractivity contribution in [1.82, 2.24) is 14.5 Å². The molecule has 0 unspecified atom stereocenters. The summed E-state index contributed by atoms with van der Waals surface area (Å²) in [5.41, 5.74) is 0.802. The van der Waals surface area contributed by atoms with E-state index in [1.165, 1.54) is 0 Å². The van der Waals surface area contributed by atoms with Crippen LogP contribution in [0.4, 0.5) is 0 Å². The highest BCUT2D eigenvalue weighted by atomic mass is 16.3. The van der Waals surface area contributed by atoms with Gasteiger partial charge in [0.15, 0.2) is 0 Å². The number of aryl methyl sites for hydroxylation is 1. The van der Waals surface area contributed by atoms with Gasteiger partial charge in [-0.25, -0.2) is 4.98 Å². The Hall–Kier alpha value is -2.30. The molecule has 100 valence electrons. The maximum Gasteiger partial charge on any atom is 0.227 e. The van der Waals surface area contributed by atoms with Crippen molar-refractivity contribution in [1.29, 1.82) is 0 Å². The molecule has 0 aliphatic heterocycles. The summed E-state index contributed by atoms with van der Waals surface area (Å²) in [6.45, 7) is 0.473. The Morgan fingerprint density at radius 1 is 1.47 bits per heavy atom. The minimum absolute atomic E-state index is 0.00593. The zero-order chi connectivity index (χ0) is 13.8. The summed E-state index contributed by atoms with van der Waals surface area (Å²) >= 11 is 0. The molecule has 0 radical (unpaired) electrons. The summed E-state index contributed by atoms with van der Waals surface area (Å²) in [6.07, 6.45) is 3.83. The molecule has 19 heavy (non-hydrogen) atoms. The van der Waals surface area contributed by atoms with Crippen LogP contribution in [0, 0.1) is 0 Å². The molecule has 0 saturated carbocycles. The molecule has 5 heteroatoms. The van der Waals surface area contributed by atoms with Crippen molar-refractivity contribution >= 4 is 5.91 Å². The predicted molar refractivity (Wildman–Crippen MR) is 71.5 cm³/mol. The van der Waals surface area contributed by atoms with Gasteiger partial charge >= 0.3 is 0 Å². The molecular weight excluding hydrogens is 242 g/mol. The standard InChI is InChI=1S/C14H17N3O2/c1-16-7-6-15-13(16)10-17(2)14(19)9-11-4-3-5-12(18)8-11/h3-8,18H,9-10H2,1-2H3. The number of hydrogen-bond acceptors (Lipinski definition) is 3. The van der Waals surface area contributed by atoms with E-state index in [-0.39, 0.29) is 18.1 Å². The molecule has 0 aliphatic carbocycles. The van der Waals surface area contributed by atoms with Gasteiger partial charge in [0.25, 0.3) is 0 Å². The van der Waals surface area contributed by atoms with Crippen LogP contribution in [-0.4, -0.2) is 32.5 Å². The quantitative estimate of drug-likeness (QED) is 0.901. The fourth-order valence-electron chi connectivity index (χ4n) is 1.83. The predicted octanol–water partition coefficient (Wildman–Crippen LogP) is 1.33. The third-order valence-corrected chi connectivity index (χ3v) is 2.99. The van der Waals surface area contributed by atoms with E-state index in [1.807, 2.05) is 23.9 Å². The van der Waals surface area contributed by atoms with Gasteiger partial charge in [0, 0.05) is 26.5 Å². The molecule has 1 aromatic heterocycles.